The summed E-state index contributed by atoms with van der Waals surface area (Å²) in [5, 5.41) is 0. The minimum Gasteiger partial charge on any atom is -0.493 e. The lowest BCUT2D eigenvalue weighted by molar-refractivity contribution is 0.0936. The van der Waals surface area contributed by atoms with Gasteiger partial charge >= 0.3 is 0 Å². The summed E-state index contributed by atoms with van der Waals surface area (Å²) in [4.78, 5) is 12.4. The van der Waals surface area contributed by atoms with Gasteiger partial charge in [0.05, 0.1) is 14.2 Å². The number of methoxy groups -OCH3 is 2. The molecule has 0 spiro atoms. The van der Waals surface area contributed by atoms with Crippen LogP contribution in [0.5, 0.6) is 11.5 Å². The average Bonchev–Trinajstić information content (AvgIpc) is 2.84. The molecule has 1 aliphatic rings. The second kappa shape index (κ2) is 5.60. The Morgan fingerprint density at radius 1 is 1.05 bits per heavy atom. The molecule has 0 saturated carbocycles. The van der Waals surface area contributed by atoms with E-state index in [2.05, 4.69) is 0 Å². The molecule has 0 amide bonds. The van der Waals surface area contributed by atoms with Gasteiger partial charge in [-0.2, -0.15) is 0 Å². The van der Waals surface area contributed by atoms with Crippen LogP contribution in [-0.2, 0) is 12.8 Å². The fourth-order valence-corrected chi connectivity index (χ4v) is 2.97. The van der Waals surface area contributed by atoms with Crippen LogP contribution >= 0.6 is 0 Å². The van der Waals surface area contributed by atoms with E-state index < -0.39 is 0 Å². The molecule has 0 aromatic heterocycles. The molecule has 1 atom stereocenters. The van der Waals surface area contributed by atoms with Gasteiger partial charge in [0.15, 0.2) is 17.3 Å². The summed E-state index contributed by atoms with van der Waals surface area (Å²) >= 11 is 0. The zero-order valence-corrected chi connectivity index (χ0v) is 12.3. The van der Waals surface area contributed by atoms with Crippen molar-refractivity contribution in [2.24, 2.45) is 5.92 Å². The van der Waals surface area contributed by atoms with E-state index in [-0.39, 0.29) is 11.7 Å². The largest absolute Gasteiger partial charge is 0.493 e. The van der Waals surface area contributed by atoms with Gasteiger partial charge in [-0.3, -0.25) is 4.79 Å². The molecular weight excluding hydrogens is 264 g/mol. The average molecular weight is 282 g/mol. The Labute approximate surface area is 124 Å². The van der Waals surface area contributed by atoms with Crippen molar-refractivity contribution in [3.05, 3.63) is 59.2 Å². The summed E-state index contributed by atoms with van der Waals surface area (Å²) in [6, 6.07) is 13.7. The normalized spacial score (nSPS) is 16.7. The maximum Gasteiger partial charge on any atom is 0.166 e. The molecule has 0 bridgehead atoms. The van der Waals surface area contributed by atoms with Gasteiger partial charge in [0, 0.05) is 11.5 Å². The van der Waals surface area contributed by atoms with Crippen LogP contribution in [0.1, 0.15) is 21.5 Å². The van der Waals surface area contributed by atoms with Gasteiger partial charge < -0.3 is 9.47 Å². The van der Waals surface area contributed by atoms with Crippen molar-refractivity contribution >= 4 is 5.78 Å². The third-order valence-electron chi connectivity index (χ3n) is 4.05. The molecule has 3 rings (SSSR count). The van der Waals surface area contributed by atoms with Crippen LogP contribution < -0.4 is 9.47 Å². The minimum atomic E-state index is 0.0282. The van der Waals surface area contributed by atoms with E-state index in [0.29, 0.717) is 11.5 Å². The van der Waals surface area contributed by atoms with Crippen LogP contribution in [0.15, 0.2) is 42.5 Å². The van der Waals surface area contributed by atoms with Crippen LogP contribution in [0.25, 0.3) is 0 Å². The van der Waals surface area contributed by atoms with Gasteiger partial charge in [-0.25, -0.2) is 0 Å². The van der Waals surface area contributed by atoms with E-state index in [9.17, 15) is 4.79 Å². The number of fused-ring (bicyclic) bond motifs is 1. The summed E-state index contributed by atoms with van der Waals surface area (Å²) in [6.07, 6.45) is 1.55. The molecule has 0 N–H and O–H groups in total. The van der Waals surface area contributed by atoms with Gasteiger partial charge in [0.2, 0.25) is 0 Å². The number of hydrogen-bond acceptors (Lipinski definition) is 3. The third kappa shape index (κ3) is 2.51. The third-order valence-corrected chi connectivity index (χ3v) is 4.05. The van der Waals surface area contributed by atoms with Crippen LogP contribution in [0, 0.1) is 5.92 Å². The van der Waals surface area contributed by atoms with E-state index in [1.54, 1.807) is 14.2 Å². The SMILES string of the molecule is COc1ccc(CC2Cc3ccccc3C2=O)cc1OC. The zero-order valence-electron chi connectivity index (χ0n) is 12.3. The maximum absolute atomic E-state index is 12.4. The van der Waals surface area contributed by atoms with E-state index >= 15 is 0 Å². The van der Waals surface area contributed by atoms with Crippen LogP contribution in [0.4, 0.5) is 0 Å². The molecule has 3 nitrogen and oxygen atoms in total. The fourth-order valence-electron chi connectivity index (χ4n) is 2.97. The first-order chi connectivity index (χ1) is 10.2. The molecule has 0 fully saturated rings. The number of ketones is 1. The minimum absolute atomic E-state index is 0.0282. The second-order valence-electron chi connectivity index (χ2n) is 5.32. The summed E-state index contributed by atoms with van der Waals surface area (Å²) < 4.78 is 10.6. The Bertz CT molecular complexity index is 676. The lowest BCUT2D eigenvalue weighted by Crippen LogP contribution is -2.12. The lowest BCUT2D eigenvalue weighted by atomic mass is 9.95. The Morgan fingerprint density at radius 3 is 2.52 bits per heavy atom. The topological polar surface area (TPSA) is 35.5 Å². The highest BCUT2D eigenvalue weighted by atomic mass is 16.5. The van der Waals surface area contributed by atoms with Gasteiger partial charge in [-0.1, -0.05) is 30.3 Å². The molecule has 2 aromatic carbocycles. The van der Waals surface area contributed by atoms with Crippen LogP contribution in [0.3, 0.4) is 0 Å². The Balaban J connectivity index is 1.81. The van der Waals surface area contributed by atoms with Crippen molar-refractivity contribution in [1.82, 2.24) is 0 Å². The first-order valence-electron chi connectivity index (χ1n) is 7.06. The highest BCUT2D eigenvalue weighted by Gasteiger charge is 2.30. The number of Topliss-reactive ketones (excluding diaryl/α,β-unsaturated/α-hetero) is 1. The summed E-state index contributed by atoms with van der Waals surface area (Å²) in [5.74, 6) is 1.70. The predicted molar refractivity (Wildman–Crippen MR) is 81.2 cm³/mol. The van der Waals surface area contributed by atoms with Crippen LogP contribution in [0.2, 0.25) is 0 Å². The Kier molecular flexibility index (Phi) is 3.65. The Morgan fingerprint density at radius 2 is 1.81 bits per heavy atom. The molecule has 0 aliphatic heterocycles. The number of carbonyl (C=O) groups excluding carboxylic acids is 1. The molecule has 2 aromatic rings. The van der Waals surface area contributed by atoms with Crippen molar-refractivity contribution in [3.63, 3.8) is 0 Å². The molecule has 3 heteroatoms. The van der Waals surface area contributed by atoms with Gasteiger partial charge in [0.1, 0.15) is 0 Å². The van der Waals surface area contributed by atoms with Crippen molar-refractivity contribution in [2.75, 3.05) is 14.2 Å². The first kappa shape index (κ1) is 13.7. The fraction of sp³-hybridized carbons (Fsp3) is 0.278. The van der Waals surface area contributed by atoms with E-state index in [0.717, 1.165) is 29.5 Å². The zero-order chi connectivity index (χ0) is 14.8. The van der Waals surface area contributed by atoms with Crippen molar-refractivity contribution in [3.8, 4) is 11.5 Å². The number of hydrogen-bond donors (Lipinski definition) is 0. The molecule has 1 unspecified atom stereocenters. The lowest BCUT2D eigenvalue weighted by Gasteiger charge is -2.12. The Hall–Kier alpha value is -2.29. The summed E-state index contributed by atoms with van der Waals surface area (Å²) in [7, 11) is 3.24. The molecule has 108 valence electrons. The van der Waals surface area contributed by atoms with Crippen molar-refractivity contribution in [1.29, 1.82) is 0 Å². The summed E-state index contributed by atoms with van der Waals surface area (Å²) in [6.45, 7) is 0. The van der Waals surface area contributed by atoms with Gasteiger partial charge in [0.25, 0.3) is 0 Å². The molecular formula is C18H18O3. The second-order valence-corrected chi connectivity index (χ2v) is 5.32. The summed E-state index contributed by atoms with van der Waals surface area (Å²) in [5.41, 5.74) is 3.13. The van der Waals surface area contributed by atoms with Crippen molar-refractivity contribution < 1.29 is 14.3 Å². The monoisotopic (exact) mass is 282 g/mol. The van der Waals surface area contributed by atoms with Gasteiger partial charge in [-0.15, -0.1) is 0 Å². The van der Waals surface area contributed by atoms with E-state index in [4.69, 9.17) is 9.47 Å². The maximum atomic E-state index is 12.4. The highest BCUT2D eigenvalue weighted by molar-refractivity contribution is 6.02. The molecule has 0 radical (unpaired) electrons. The van der Waals surface area contributed by atoms with Crippen molar-refractivity contribution in [2.45, 2.75) is 12.8 Å². The van der Waals surface area contributed by atoms with Crippen LogP contribution in [-0.4, -0.2) is 20.0 Å². The molecule has 21 heavy (non-hydrogen) atoms. The van der Waals surface area contributed by atoms with E-state index in [1.165, 1.54) is 0 Å². The number of ether oxygens (including phenoxy) is 2. The van der Waals surface area contributed by atoms with E-state index in [1.807, 2.05) is 42.5 Å². The molecule has 1 aliphatic carbocycles. The number of carbonyl (C=O) groups is 1. The smallest absolute Gasteiger partial charge is 0.166 e. The number of rotatable bonds is 4. The standard InChI is InChI=1S/C18H18O3/c1-20-16-8-7-12(10-17(16)21-2)9-14-11-13-5-3-4-6-15(13)18(14)19/h3-8,10,14H,9,11H2,1-2H3. The highest BCUT2D eigenvalue weighted by Crippen LogP contribution is 2.32. The first-order valence-corrected chi connectivity index (χ1v) is 7.06. The molecule has 0 heterocycles. The number of benzene rings is 2. The van der Waals surface area contributed by atoms with Gasteiger partial charge in [-0.05, 0) is 36.1 Å². The molecule has 0 saturated heterocycles. The quantitative estimate of drug-likeness (QED) is 0.863. The predicted octanol–water partition coefficient (Wildman–Crippen LogP) is 3.30.